The summed E-state index contributed by atoms with van der Waals surface area (Å²) in [6, 6.07) is 9.73. The summed E-state index contributed by atoms with van der Waals surface area (Å²) in [5, 5.41) is 6.53. The third-order valence-corrected chi connectivity index (χ3v) is 2.82. The fourth-order valence-corrected chi connectivity index (χ4v) is 1.78. The third kappa shape index (κ3) is 3.20. The van der Waals surface area contributed by atoms with E-state index in [1.807, 2.05) is 30.3 Å². The summed E-state index contributed by atoms with van der Waals surface area (Å²) >= 11 is 3.18. The molecular weight excluding hydrogens is 296 g/mol. The van der Waals surface area contributed by atoms with E-state index < -0.39 is 0 Å². The number of hydrogen-bond donors (Lipinski definition) is 1. The van der Waals surface area contributed by atoms with Crippen molar-refractivity contribution in [2.24, 2.45) is 5.16 Å². The Labute approximate surface area is 114 Å². The Bertz CT molecular complexity index is 485. The van der Waals surface area contributed by atoms with Crippen LogP contribution >= 0.6 is 15.9 Å². The molecule has 1 amide bonds. The standard InChI is InChI=1S/C13H13BrN2O2/c1-9(14)8-15-13(17)11-7-12(18-16-11)10-5-3-2-4-6-10/h2-6,12H,1,7-8H2,(H,15,17)/t12-/m0/s1. The Morgan fingerprint density at radius 2 is 2.22 bits per heavy atom. The first-order valence-corrected chi connectivity index (χ1v) is 6.35. The number of rotatable bonds is 4. The lowest BCUT2D eigenvalue weighted by Crippen LogP contribution is -2.31. The van der Waals surface area contributed by atoms with E-state index in [0.717, 1.165) is 10.0 Å². The predicted molar refractivity (Wildman–Crippen MR) is 73.4 cm³/mol. The van der Waals surface area contributed by atoms with Gasteiger partial charge in [-0.3, -0.25) is 4.79 Å². The molecule has 0 fully saturated rings. The second kappa shape index (κ2) is 5.82. The fourth-order valence-electron chi connectivity index (χ4n) is 1.64. The number of nitrogens with zero attached hydrogens (tertiary/aromatic N) is 1. The number of nitrogens with one attached hydrogen (secondary N) is 1. The molecule has 1 N–H and O–H groups in total. The zero-order valence-electron chi connectivity index (χ0n) is 9.73. The molecule has 0 spiro atoms. The summed E-state index contributed by atoms with van der Waals surface area (Å²) in [7, 11) is 0. The Morgan fingerprint density at radius 3 is 2.89 bits per heavy atom. The molecular formula is C13H13BrN2O2. The smallest absolute Gasteiger partial charge is 0.269 e. The summed E-state index contributed by atoms with van der Waals surface area (Å²) in [5.74, 6) is -0.214. The highest BCUT2D eigenvalue weighted by atomic mass is 79.9. The van der Waals surface area contributed by atoms with Gasteiger partial charge in [0.25, 0.3) is 5.91 Å². The van der Waals surface area contributed by atoms with Crippen molar-refractivity contribution in [1.82, 2.24) is 5.32 Å². The summed E-state index contributed by atoms with van der Waals surface area (Å²) in [6.07, 6.45) is 0.323. The van der Waals surface area contributed by atoms with Crippen LogP contribution in [0.3, 0.4) is 0 Å². The van der Waals surface area contributed by atoms with Gasteiger partial charge in [0, 0.05) is 17.4 Å². The molecule has 1 heterocycles. The van der Waals surface area contributed by atoms with Crippen LogP contribution in [0.1, 0.15) is 18.1 Å². The number of oxime groups is 1. The van der Waals surface area contributed by atoms with Crippen LogP contribution in [-0.2, 0) is 9.63 Å². The minimum absolute atomic E-state index is 0.167. The Kier molecular flexibility index (Phi) is 4.15. The fraction of sp³-hybridized carbons (Fsp3) is 0.231. The summed E-state index contributed by atoms with van der Waals surface area (Å²) < 4.78 is 0.718. The molecule has 18 heavy (non-hydrogen) atoms. The van der Waals surface area contributed by atoms with Gasteiger partial charge < -0.3 is 10.2 Å². The van der Waals surface area contributed by atoms with Crippen molar-refractivity contribution in [3.63, 3.8) is 0 Å². The number of halogens is 1. The minimum atomic E-state index is -0.214. The van der Waals surface area contributed by atoms with E-state index in [4.69, 9.17) is 4.84 Å². The zero-order chi connectivity index (χ0) is 13.0. The molecule has 2 rings (SSSR count). The molecule has 0 saturated carbocycles. The second-order valence-corrected chi connectivity index (χ2v) is 5.07. The predicted octanol–water partition coefficient (Wildman–Crippen LogP) is 2.53. The van der Waals surface area contributed by atoms with Crippen LogP contribution in [0.5, 0.6) is 0 Å². The van der Waals surface area contributed by atoms with E-state index in [-0.39, 0.29) is 12.0 Å². The van der Waals surface area contributed by atoms with Crippen LogP contribution < -0.4 is 5.32 Å². The lowest BCUT2D eigenvalue weighted by Gasteiger charge is -2.07. The highest BCUT2D eigenvalue weighted by molar-refractivity contribution is 9.11. The van der Waals surface area contributed by atoms with Gasteiger partial charge in [-0.25, -0.2) is 0 Å². The van der Waals surface area contributed by atoms with Gasteiger partial charge in [-0.15, -0.1) is 0 Å². The monoisotopic (exact) mass is 308 g/mol. The number of carbonyl (C=O) groups excluding carboxylic acids is 1. The molecule has 5 heteroatoms. The zero-order valence-corrected chi connectivity index (χ0v) is 11.3. The molecule has 1 aliphatic rings. The highest BCUT2D eigenvalue weighted by Crippen LogP contribution is 2.26. The Hall–Kier alpha value is -1.62. The maximum Gasteiger partial charge on any atom is 0.269 e. The van der Waals surface area contributed by atoms with Crippen molar-refractivity contribution >= 4 is 27.5 Å². The molecule has 0 unspecified atom stereocenters. The maximum absolute atomic E-state index is 11.7. The molecule has 0 radical (unpaired) electrons. The van der Waals surface area contributed by atoms with E-state index in [1.54, 1.807) is 0 Å². The molecule has 0 bridgehead atoms. The van der Waals surface area contributed by atoms with E-state index in [9.17, 15) is 4.79 Å². The molecule has 1 aliphatic heterocycles. The second-order valence-electron chi connectivity index (χ2n) is 3.95. The van der Waals surface area contributed by atoms with Crippen LogP contribution in [0.15, 0.2) is 46.5 Å². The normalized spacial score (nSPS) is 17.8. The topological polar surface area (TPSA) is 50.7 Å². The molecule has 0 aliphatic carbocycles. The Morgan fingerprint density at radius 1 is 1.50 bits per heavy atom. The van der Waals surface area contributed by atoms with Gasteiger partial charge in [-0.05, 0) is 5.56 Å². The van der Waals surface area contributed by atoms with Crippen molar-refractivity contribution < 1.29 is 9.63 Å². The molecule has 1 atom stereocenters. The van der Waals surface area contributed by atoms with Gasteiger partial charge >= 0.3 is 0 Å². The highest BCUT2D eigenvalue weighted by Gasteiger charge is 2.26. The van der Waals surface area contributed by atoms with Crippen LogP contribution in [0.25, 0.3) is 0 Å². The van der Waals surface area contributed by atoms with Crippen molar-refractivity contribution in [3.05, 3.63) is 47.0 Å². The molecule has 94 valence electrons. The quantitative estimate of drug-likeness (QED) is 0.929. The Balaban J connectivity index is 1.91. The lowest BCUT2D eigenvalue weighted by atomic mass is 10.0. The van der Waals surface area contributed by atoms with Gasteiger partial charge in [-0.2, -0.15) is 0 Å². The molecule has 0 aromatic heterocycles. The molecule has 4 nitrogen and oxygen atoms in total. The summed E-state index contributed by atoms with van der Waals surface area (Å²) in [6.45, 7) is 4.03. The van der Waals surface area contributed by atoms with Gasteiger partial charge in [0.05, 0.1) is 0 Å². The average Bonchev–Trinajstić information content (AvgIpc) is 2.86. The van der Waals surface area contributed by atoms with E-state index in [2.05, 4.69) is 33.0 Å². The summed E-state index contributed by atoms with van der Waals surface area (Å²) in [4.78, 5) is 17.0. The first-order valence-electron chi connectivity index (χ1n) is 5.56. The van der Waals surface area contributed by atoms with Crippen LogP contribution in [0.2, 0.25) is 0 Å². The first kappa shape index (κ1) is 12.8. The molecule has 1 aromatic carbocycles. The van der Waals surface area contributed by atoms with Crippen LogP contribution in [0, 0.1) is 0 Å². The van der Waals surface area contributed by atoms with E-state index in [1.165, 1.54) is 0 Å². The van der Waals surface area contributed by atoms with Gasteiger partial charge in [0.1, 0.15) is 5.71 Å². The van der Waals surface area contributed by atoms with Crippen molar-refractivity contribution in [3.8, 4) is 0 Å². The summed E-state index contributed by atoms with van der Waals surface area (Å²) in [5.41, 5.74) is 1.44. The van der Waals surface area contributed by atoms with E-state index >= 15 is 0 Å². The number of carbonyl (C=O) groups is 1. The van der Waals surface area contributed by atoms with Crippen molar-refractivity contribution in [2.75, 3.05) is 6.54 Å². The van der Waals surface area contributed by atoms with Gasteiger partial charge in [0.15, 0.2) is 6.10 Å². The number of amides is 1. The van der Waals surface area contributed by atoms with Crippen molar-refractivity contribution in [2.45, 2.75) is 12.5 Å². The molecule has 0 saturated heterocycles. The number of benzene rings is 1. The van der Waals surface area contributed by atoms with Crippen LogP contribution in [-0.4, -0.2) is 18.2 Å². The average molecular weight is 309 g/mol. The third-order valence-electron chi connectivity index (χ3n) is 2.54. The van der Waals surface area contributed by atoms with Crippen molar-refractivity contribution in [1.29, 1.82) is 0 Å². The van der Waals surface area contributed by atoms with E-state index in [0.29, 0.717) is 18.7 Å². The minimum Gasteiger partial charge on any atom is -0.387 e. The first-order chi connectivity index (χ1) is 8.66. The number of hydrogen-bond acceptors (Lipinski definition) is 3. The maximum atomic E-state index is 11.7. The van der Waals surface area contributed by atoms with Gasteiger partial charge in [-0.1, -0.05) is 58.0 Å². The SMILES string of the molecule is C=C(Br)CNC(=O)C1=NO[C@H](c2ccccc2)C1. The van der Waals surface area contributed by atoms with Gasteiger partial charge in [0.2, 0.25) is 0 Å². The van der Waals surface area contributed by atoms with Crippen LogP contribution in [0.4, 0.5) is 0 Å². The molecule has 1 aromatic rings. The largest absolute Gasteiger partial charge is 0.387 e. The lowest BCUT2D eigenvalue weighted by molar-refractivity contribution is -0.114.